The van der Waals surface area contributed by atoms with E-state index in [0.29, 0.717) is 19.6 Å². The van der Waals surface area contributed by atoms with E-state index in [9.17, 15) is 4.79 Å². The maximum atomic E-state index is 12.6. The molecule has 0 fully saturated rings. The predicted octanol–water partition coefficient (Wildman–Crippen LogP) is 3.25. The molecule has 27 heavy (non-hydrogen) atoms. The number of fused-ring (bicyclic) bond motifs is 1. The highest BCUT2D eigenvalue weighted by molar-refractivity contribution is 5.94. The Morgan fingerprint density at radius 1 is 0.815 bits per heavy atom. The molecule has 0 radical (unpaired) electrons. The largest absolute Gasteiger partial charge is 0.463 e. The van der Waals surface area contributed by atoms with Crippen molar-refractivity contribution in [2.24, 2.45) is 0 Å². The first kappa shape index (κ1) is 17.1. The van der Waals surface area contributed by atoms with Gasteiger partial charge in [-0.3, -0.25) is 4.79 Å². The minimum Gasteiger partial charge on any atom is -0.463 e. The smallest absolute Gasteiger partial charge is 0.279 e. The first-order chi connectivity index (χ1) is 13.3. The second-order valence-corrected chi connectivity index (χ2v) is 6.55. The SMILES string of the molecule is O=C(C[NH+](Cc1ccco1)Cc1ccco1)Nc1ccc2ccccc2c1. The van der Waals surface area contributed by atoms with Crippen molar-refractivity contribution in [3.8, 4) is 0 Å². The number of rotatable bonds is 7. The van der Waals surface area contributed by atoms with Gasteiger partial charge in [0.25, 0.3) is 5.91 Å². The summed E-state index contributed by atoms with van der Waals surface area (Å²) >= 11 is 0. The molecule has 0 aliphatic rings. The van der Waals surface area contributed by atoms with E-state index in [-0.39, 0.29) is 5.91 Å². The normalized spacial score (nSPS) is 11.1. The summed E-state index contributed by atoms with van der Waals surface area (Å²) in [5.41, 5.74) is 0.800. The molecule has 4 rings (SSSR count). The first-order valence-electron chi connectivity index (χ1n) is 8.93. The molecule has 2 aromatic heterocycles. The molecule has 0 atom stereocenters. The standard InChI is InChI=1S/C22H20N2O3/c25-22(23-19-10-9-17-5-1-2-6-18(17)13-19)16-24(14-20-7-3-11-26-20)15-21-8-4-12-27-21/h1-13H,14-16H2,(H,23,25)/p+1. The number of amides is 1. The Kier molecular flexibility index (Phi) is 5.03. The summed E-state index contributed by atoms with van der Waals surface area (Å²) in [4.78, 5) is 13.7. The van der Waals surface area contributed by atoms with Crippen LogP contribution in [0.4, 0.5) is 5.69 Å². The fraction of sp³-hybridized carbons (Fsp3) is 0.136. The summed E-state index contributed by atoms with van der Waals surface area (Å²) in [5, 5.41) is 5.26. The Morgan fingerprint density at radius 2 is 1.48 bits per heavy atom. The monoisotopic (exact) mass is 361 g/mol. The Hall–Kier alpha value is -3.31. The van der Waals surface area contributed by atoms with Gasteiger partial charge < -0.3 is 19.1 Å². The van der Waals surface area contributed by atoms with Gasteiger partial charge in [0.2, 0.25) is 0 Å². The quantitative estimate of drug-likeness (QED) is 0.531. The third kappa shape index (κ3) is 4.46. The van der Waals surface area contributed by atoms with Gasteiger partial charge in [-0.05, 0) is 47.2 Å². The summed E-state index contributed by atoms with van der Waals surface area (Å²) in [6.45, 7) is 1.53. The van der Waals surface area contributed by atoms with Crippen molar-refractivity contribution in [3.63, 3.8) is 0 Å². The van der Waals surface area contributed by atoms with Crippen LogP contribution >= 0.6 is 0 Å². The molecule has 0 spiro atoms. The Bertz CT molecular complexity index is 971. The van der Waals surface area contributed by atoms with Crippen LogP contribution in [0.1, 0.15) is 11.5 Å². The summed E-state index contributed by atoms with van der Waals surface area (Å²) in [6.07, 6.45) is 3.30. The van der Waals surface area contributed by atoms with E-state index >= 15 is 0 Å². The van der Waals surface area contributed by atoms with E-state index in [0.717, 1.165) is 32.9 Å². The fourth-order valence-corrected chi connectivity index (χ4v) is 3.21. The molecule has 4 aromatic rings. The maximum absolute atomic E-state index is 12.6. The molecule has 2 aromatic carbocycles. The molecule has 2 N–H and O–H groups in total. The number of anilines is 1. The van der Waals surface area contributed by atoms with Crippen molar-refractivity contribution in [1.82, 2.24) is 0 Å². The van der Waals surface area contributed by atoms with Crippen LogP contribution in [0.5, 0.6) is 0 Å². The van der Waals surface area contributed by atoms with Crippen LogP contribution in [0.3, 0.4) is 0 Å². The van der Waals surface area contributed by atoms with E-state index in [4.69, 9.17) is 8.83 Å². The van der Waals surface area contributed by atoms with Crippen LogP contribution in [0, 0.1) is 0 Å². The fourth-order valence-electron chi connectivity index (χ4n) is 3.21. The molecule has 0 saturated heterocycles. The second kappa shape index (κ2) is 7.93. The van der Waals surface area contributed by atoms with Crippen LogP contribution in [0.2, 0.25) is 0 Å². The summed E-state index contributed by atoms with van der Waals surface area (Å²) < 4.78 is 10.9. The number of furan rings is 2. The highest BCUT2D eigenvalue weighted by Gasteiger charge is 2.18. The van der Waals surface area contributed by atoms with E-state index in [2.05, 4.69) is 11.4 Å². The molecule has 1 amide bonds. The van der Waals surface area contributed by atoms with Gasteiger partial charge in [-0.1, -0.05) is 30.3 Å². The van der Waals surface area contributed by atoms with Crippen molar-refractivity contribution in [3.05, 3.63) is 90.8 Å². The molecule has 5 heteroatoms. The lowest BCUT2D eigenvalue weighted by molar-refractivity contribution is -0.921. The number of quaternary nitrogens is 1. The number of benzene rings is 2. The molecular formula is C22H21N2O3+. The number of carbonyl (C=O) groups excluding carboxylic acids is 1. The zero-order valence-corrected chi connectivity index (χ0v) is 14.9. The molecule has 0 saturated carbocycles. The Labute approximate surface area is 157 Å². The Morgan fingerprint density at radius 3 is 2.11 bits per heavy atom. The zero-order valence-electron chi connectivity index (χ0n) is 14.9. The van der Waals surface area contributed by atoms with Crippen molar-refractivity contribution >= 4 is 22.4 Å². The molecule has 2 heterocycles. The minimum absolute atomic E-state index is 0.0432. The van der Waals surface area contributed by atoms with Gasteiger partial charge in [0.05, 0.1) is 12.5 Å². The minimum atomic E-state index is -0.0432. The molecular weight excluding hydrogens is 340 g/mol. The van der Waals surface area contributed by atoms with Crippen molar-refractivity contribution < 1.29 is 18.5 Å². The Balaban J connectivity index is 1.44. The number of hydrogen-bond acceptors (Lipinski definition) is 3. The average Bonchev–Trinajstić information content (AvgIpc) is 3.36. The van der Waals surface area contributed by atoms with Crippen LogP contribution in [-0.2, 0) is 17.9 Å². The summed E-state index contributed by atoms with van der Waals surface area (Å²) in [5.74, 6) is 1.64. The second-order valence-electron chi connectivity index (χ2n) is 6.55. The predicted molar refractivity (Wildman–Crippen MR) is 103 cm³/mol. The van der Waals surface area contributed by atoms with E-state index in [1.54, 1.807) is 12.5 Å². The van der Waals surface area contributed by atoms with Crippen LogP contribution < -0.4 is 10.2 Å². The zero-order chi connectivity index (χ0) is 18.5. The maximum Gasteiger partial charge on any atom is 0.279 e. The topological polar surface area (TPSA) is 59.8 Å². The molecule has 0 aliphatic heterocycles. The van der Waals surface area contributed by atoms with Gasteiger partial charge in [-0.15, -0.1) is 0 Å². The van der Waals surface area contributed by atoms with Gasteiger partial charge in [0, 0.05) is 5.69 Å². The lowest BCUT2D eigenvalue weighted by Gasteiger charge is -2.17. The lowest BCUT2D eigenvalue weighted by Crippen LogP contribution is -3.10. The molecule has 136 valence electrons. The molecule has 0 unspecified atom stereocenters. The van der Waals surface area contributed by atoms with Gasteiger partial charge >= 0.3 is 0 Å². The van der Waals surface area contributed by atoms with Gasteiger partial charge in [0.15, 0.2) is 18.1 Å². The highest BCUT2D eigenvalue weighted by atomic mass is 16.3. The number of nitrogens with one attached hydrogen (secondary N) is 2. The summed E-state index contributed by atoms with van der Waals surface area (Å²) in [6, 6.07) is 21.6. The lowest BCUT2D eigenvalue weighted by atomic mass is 10.1. The van der Waals surface area contributed by atoms with Gasteiger partial charge in [0.1, 0.15) is 13.1 Å². The molecule has 5 nitrogen and oxygen atoms in total. The van der Waals surface area contributed by atoms with Gasteiger partial charge in [-0.2, -0.15) is 0 Å². The molecule has 0 aliphatic carbocycles. The van der Waals surface area contributed by atoms with Crippen LogP contribution in [-0.4, -0.2) is 12.5 Å². The number of carbonyl (C=O) groups is 1. The summed E-state index contributed by atoms with van der Waals surface area (Å²) in [7, 11) is 0. The third-order valence-corrected chi connectivity index (χ3v) is 4.45. The highest BCUT2D eigenvalue weighted by Crippen LogP contribution is 2.18. The third-order valence-electron chi connectivity index (χ3n) is 4.45. The van der Waals surface area contributed by atoms with Crippen LogP contribution in [0.25, 0.3) is 10.8 Å². The van der Waals surface area contributed by atoms with E-state index < -0.39 is 0 Å². The molecule has 0 bridgehead atoms. The van der Waals surface area contributed by atoms with Crippen molar-refractivity contribution in [1.29, 1.82) is 0 Å². The van der Waals surface area contributed by atoms with Crippen molar-refractivity contribution in [2.75, 3.05) is 11.9 Å². The number of hydrogen-bond donors (Lipinski definition) is 2. The van der Waals surface area contributed by atoms with Crippen molar-refractivity contribution in [2.45, 2.75) is 13.1 Å². The van der Waals surface area contributed by atoms with E-state index in [1.807, 2.05) is 60.7 Å². The van der Waals surface area contributed by atoms with E-state index in [1.165, 1.54) is 0 Å². The van der Waals surface area contributed by atoms with Gasteiger partial charge in [-0.25, -0.2) is 0 Å². The first-order valence-corrected chi connectivity index (χ1v) is 8.93. The van der Waals surface area contributed by atoms with Crippen LogP contribution in [0.15, 0.2) is 88.1 Å². The average molecular weight is 361 g/mol.